The summed E-state index contributed by atoms with van der Waals surface area (Å²) in [5.74, 6) is -1.09. The molecular weight excluding hydrogens is 360 g/mol. The Labute approximate surface area is 160 Å². The molecule has 0 radical (unpaired) electrons. The Bertz CT molecular complexity index is 1160. The molecule has 2 aromatic heterocycles. The highest BCUT2D eigenvalue weighted by atomic mass is 35.5. The SMILES string of the molecule is Cc1cc(-c2ccc(Cl)cc2)cc(C)c1C1C(=O)c2c(c3ccc2o3)C1=O. The number of fused-ring (bicyclic) bond motifs is 5. The summed E-state index contributed by atoms with van der Waals surface area (Å²) in [4.78, 5) is 26.1. The second kappa shape index (κ2) is 5.54. The largest absolute Gasteiger partial charge is 0.456 e. The summed E-state index contributed by atoms with van der Waals surface area (Å²) in [5, 5.41) is 0.687. The van der Waals surface area contributed by atoms with Crippen LogP contribution in [0.1, 0.15) is 43.3 Å². The highest BCUT2D eigenvalue weighted by Crippen LogP contribution is 2.44. The van der Waals surface area contributed by atoms with Crippen molar-refractivity contribution in [2.45, 2.75) is 19.8 Å². The molecule has 2 aromatic carbocycles. The molecule has 0 saturated carbocycles. The first-order chi connectivity index (χ1) is 13.0. The van der Waals surface area contributed by atoms with E-state index in [1.165, 1.54) is 0 Å². The number of aryl methyl sites for hydroxylation is 2. The van der Waals surface area contributed by atoms with Crippen molar-refractivity contribution in [3.8, 4) is 11.1 Å². The molecular formula is C23H15ClO3. The van der Waals surface area contributed by atoms with E-state index >= 15 is 0 Å². The van der Waals surface area contributed by atoms with Gasteiger partial charge in [-0.05, 0) is 65.9 Å². The molecule has 4 aromatic rings. The molecule has 27 heavy (non-hydrogen) atoms. The highest BCUT2D eigenvalue weighted by molar-refractivity contribution is 6.35. The van der Waals surface area contributed by atoms with E-state index in [0.29, 0.717) is 27.3 Å². The van der Waals surface area contributed by atoms with Crippen LogP contribution in [0.2, 0.25) is 5.02 Å². The summed E-state index contributed by atoms with van der Waals surface area (Å²) in [6, 6.07) is 15.2. The number of carbonyl (C=O) groups excluding carboxylic acids is 2. The van der Waals surface area contributed by atoms with Crippen molar-refractivity contribution in [2.75, 3.05) is 0 Å². The van der Waals surface area contributed by atoms with Gasteiger partial charge in [-0.15, -0.1) is 0 Å². The van der Waals surface area contributed by atoms with E-state index in [9.17, 15) is 9.59 Å². The van der Waals surface area contributed by atoms with E-state index in [4.69, 9.17) is 16.0 Å². The lowest BCUT2D eigenvalue weighted by Crippen LogP contribution is -2.16. The minimum atomic E-state index is -0.775. The molecule has 0 atom stereocenters. The molecule has 5 rings (SSSR count). The molecule has 2 bridgehead atoms. The third-order valence-electron chi connectivity index (χ3n) is 5.43. The lowest BCUT2D eigenvalue weighted by Gasteiger charge is -2.17. The molecule has 4 heteroatoms. The van der Waals surface area contributed by atoms with Crippen LogP contribution in [0.3, 0.4) is 0 Å². The third-order valence-corrected chi connectivity index (χ3v) is 5.68. The van der Waals surface area contributed by atoms with Crippen LogP contribution in [0, 0.1) is 13.8 Å². The van der Waals surface area contributed by atoms with Gasteiger partial charge in [0.25, 0.3) is 0 Å². The zero-order valence-corrected chi connectivity index (χ0v) is 15.6. The zero-order chi connectivity index (χ0) is 18.9. The average molecular weight is 375 g/mol. The second-order valence-electron chi connectivity index (χ2n) is 7.11. The van der Waals surface area contributed by atoms with Gasteiger partial charge >= 0.3 is 0 Å². The lowest BCUT2D eigenvalue weighted by atomic mass is 9.85. The van der Waals surface area contributed by atoms with Crippen LogP contribution in [0.15, 0.2) is 52.9 Å². The van der Waals surface area contributed by atoms with E-state index in [1.54, 1.807) is 12.1 Å². The smallest absolute Gasteiger partial charge is 0.182 e. The first-order valence-corrected chi connectivity index (χ1v) is 9.14. The van der Waals surface area contributed by atoms with Crippen molar-refractivity contribution >= 4 is 34.3 Å². The number of hydrogen-bond donors (Lipinski definition) is 0. The molecule has 132 valence electrons. The van der Waals surface area contributed by atoms with Gasteiger partial charge in [0, 0.05) is 5.02 Å². The Morgan fingerprint density at radius 3 is 1.81 bits per heavy atom. The predicted molar refractivity (Wildman–Crippen MR) is 105 cm³/mol. The van der Waals surface area contributed by atoms with Crippen molar-refractivity contribution in [3.05, 3.63) is 81.4 Å². The van der Waals surface area contributed by atoms with Crippen molar-refractivity contribution < 1.29 is 14.0 Å². The second-order valence-corrected chi connectivity index (χ2v) is 7.54. The monoisotopic (exact) mass is 374 g/mol. The van der Waals surface area contributed by atoms with Crippen LogP contribution in [0.25, 0.3) is 22.3 Å². The number of hydrogen-bond acceptors (Lipinski definition) is 3. The van der Waals surface area contributed by atoms with Gasteiger partial charge in [-0.25, -0.2) is 0 Å². The van der Waals surface area contributed by atoms with Gasteiger partial charge in [0.1, 0.15) is 17.1 Å². The standard InChI is InChI=1S/C23H15ClO3/c1-11-9-14(13-3-5-15(24)6-4-13)10-12(2)18(11)21-22(25)19-16-7-8-17(27-16)20(19)23(21)26/h3-10,21H,1-2H3. The maximum absolute atomic E-state index is 13.0. The van der Waals surface area contributed by atoms with Gasteiger partial charge in [-0.1, -0.05) is 35.9 Å². The molecule has 1 aliphatic rings. The first-order valence-electron chi connectivity index (χ1n) is 8.76. The van der Waals surface area contributed by atoms with Crippen LogP contribution < -0.4 is 0 Å². The maximum Gasteiger partial charge on any atom is 0.182 e. The Kier molecular flexibility index (Phi) is 3.34. The van der Waals surface area contributed by atoms with Gasteiger partial charge < -0.3 is 4.42 Å². The van der Waals surface area contributed by atoms with Gasteiger partial charge in [0.05, 0.1) is 11.1 Å². The number of rotatable bonds is 2. The first kappa shape index (κ1) is 16.3. The van der Waals surface area contributed by atoms with E-state index in [0.717, 1.165) is 27.8 Å². The van der Waals surface area contributed by atoms with Gasteiger partial charge in [-0.2, -0.15) is 0 Å². The van der Waals surface area contributed by atoms with Gasteiger partial charge in [0.15, 0.2) is 11.6 Å². The number of furan rings is 2. The van der Waals surface area contributed by atoms with Crippen LogP contribution in [0.5, 0.6) is 0 Å². The molecule has 3 nitrogen and oxygen atoms in total. The number of halogens is 1. The van der Waals surface area contributed by atoms with Crippen LogP contribution in [-0.2, 0) is 0 Å². The Balaban J connectivity index is 1.62. The van der Waals surface area contributed by atoms with Gasteiger partial charge in [0.2, 0.25) is 0 Å². The summed E-state index contributed by atoms with van der Waals surface area (Å²) in [6.07, 6.45) is 0. The molecule has 0 spiro atoms. The van der Waals surface area contributed by atoms with Crippen molar-refractivity contribution in [2.24, 2.45) is 0 Å². The lowest BCUT2D eigenvalue weighted by molar-refractivity contribution is 0.0889. The maximum atomic E-state index is 13.0. The van der Waals surface area contributed by atoms with Crippen molar-refractivity contribution in [1.29, 1.82) is 0 Å². The average Bonchev–Trinajstić information content (AvgIpc) is 3.31. The Morgan fingerprint density at radius 2 is 1.30 bits per heavy atom. The zero-order valence-electron chi connectivity index (χ0n) is 14.8. The summed E-state index contributed by atoms with van der Waals surface area (Å²) in [6.45, 7) is 3.91. The number of carbonyl (C=O) groups is 2. The molecule has 0 saturated heterocycles. The summed E-state index contributed by atoms with van der Waals surface area (Å²) < 4.78 is 5.51. The molecule has 2 heterocycles. The Hall–Kier alpha value is -2.91. The molecule has 0 N–H and O–H groups in total. The minimum Gasteiger partial charge on any atom is -0.456 e. The van der Waals surface area contributed by atoms with Crippen LogP contribution in [0.4, 0.5) is 0 Å². The fourth-order valence-electron chi connectivity index (χ4n) is 4.25. The quantitative estimate of drug-likeness (QED) is 0.406. The summed E-state index contributed by atoms with van der Waals surface area (Å²) >= 11 is 5.98. The van der Waals surface area contributed by atoms with E-state index in [1.807, 2.05) is 50.2 Å². The highest BCUT2D eigenvalue weighted by Gasteiger charge is 2.45. The number of benzene rings is 3. The number of Topliss-reactive ketones (excluding diaryl/α,β-unsaturated/α-hetero) is 2. The fraction of sp³-hybridized carbons (Fsp3) is 0.130. The molecule has 0 aliphatic heterocycles. The molecule has 0 unspecified atom stereocenters. The topological polar surface area (TPSA) is 47.3 Å². The van der Waals surface area contributed by atoms with E-state index in [2.05, 4.69) is 0 Å². The molecule has 0 fully saturated rings. The van der Waals surface area contributed by atoms with Crippen molar-refractivity contribution in [1.82, 2.24) is 0 Å². The van der Waals surface area contributed by atoms with E-state index in [-0.39, 0.29) is 11.6 Å². The van der Waals surface area contributed by atoms with E-state index < -0.39 is 5.92 Å². The molecule has 1 aliphatic carbocycles. The summed E-state index contributed by atoms with van der Waals surface area (Å²) in [7, 11) is 0. The number of ketones is 2. The predicted octanol–water partition coefficient (Wildman–Crippen LogP) is 5.97. The van der Waals surface area contributed by atoms with Crippen LogP contribution >= 0.6 is 11.6 Å². The Morgan fingerprint density at radius 1 is 0.778 bits per heavy atom. The molecule has 0 amide bonds. The van der Waals surface area contributed by atoms with Crippen LogP contribution in [-0.4, -0.2) is 11.6 Å². The normalized spacial score (nSPS) is 14.5. The summed E-state index contributed by atoms with van der Waals surface area (Å²) in [5.41, 5.74) is 6.67. The fourth-order valence-corrected chi connectivity index (χ4v) is 4.38. The minimum absolute atomic E-state index is 0.158. The van der Waals surface area contributed by atoms with Gasteiger partial charge in [-0.3, -0.25) is 9.59 Å². The van der Waals surface area contributed by atoms with Crippen molar-refractivity contribution in [3.63, 3.8) is 0 Å². The third kappa shape index (κ3) is 2.22.